The van der Waals surface area contributed by atoms with Gasteiger partial charge in [0.2, 0.25) is 0 Å². The zero-order valence-corrected chi connectivity index (χ0v) is 9.09. The topological polar surface area (TPSA) is 3.24 Å². The first-order chi connectivity index (χ1) is 5.34. The molecular formula is C9H16IN. The van der Waals surface area contributed by atoms with Crippen molar-refractivity contribution in [2.45, 2.75) is 29.6 Å². The molecule has 2 rings (SSSR count). The van der Waals surface area contributed by atoms with Gasteiger partial charge in [0.05, 0.1) is 0 Å². The third kappa shape index (κ3) is 2.58. The summed E-state index contributed by atoms with van der Waals surface area (Å²) in [5.41, 5.74) is 0. The average Bonchev–Trinajstić information content (AvgIpc) is 2.78. The largest absolute Gasteiger partial charge is 0.303 e. The molecule has 0 aromatic heterocycles. The molecule has 0 N–H and O–H groups in total. The third-order valence-electron chi connectivity index (χ3n) is 2.73. The molecule has 0 amide bonds. The van der Waals surface area contributed by atoms with Crippen LogP contribution in [0.2, 0.25) is 0 Å². The summed E-state index contributed by atoms with van der Waals surface area (Å²) in [4.78, 5) is 2.66. The fourth-order valence-electron chi connectivity index (χ4n) is 1.75. The van der Waals surface area contributed by atoms with Crippen LogP contribution in [0.5, 0.6) is 0 Å². The Hall–Kier alpha value is 0.690. The summed E-state index contributed by atoms with van der Waals surface area (Å²) in [6.07, 6.45) is 5.86. The second-order valence-electron chi connectivity index (χ2n) is 3.92. The Morgan fingerprint density at radius 2 is 1.73 bits per heavy atom. The van der Waals surface area contributed by atoms with E-state index in [1.165, 1.54) is 45.3 Å². The molecule has 0 aromatic carbocycles. The summed E-state index contributed by atoms with van der Waals surface area (Å²) in [7, 11) is 0. The van der Waals surface area contributed by atoms with Crippen molar-refractivity contribution in [2.75, 3.05) is 19.6 Å². The van der Waals surface area contributed by atoms with Gasteiger partial charge in [-0.1, -0.05) is 22.6 Å². The second kappa shape index (κ2) is 3.60. The lowest BCUT2D eigenvalue weighted by Crippen LogP contribution is -2.35. The first kappa shape index (κ1) is 8.30. The number of nitrogens with zero attached hydrogens (tertiary/aromatic N) is 1. The molecule has 2 fully saturated rings. The maximum atomic E-state index is 2.66. The van der Waals surface area contributed by atoms with E-state index in [-0.39, 0.29) is 0 Å². The van der Waals surface area contributed by atoms with Gasteiger partial charge in [0.1, 0.15) is 0 Å². The van der Waals surface area contributed by atoms with E-state index in [1.807, 2.05) is 0 Å². The zero-order valence-electron chi connectivity index (χ0n) is 6.93. The van der Waals surface area contributed by atoms with Gasteiger partial charge in [0, 0.05) is 10.5 Å². The highest BCUT2D eigenvalue weighted by Crippen LogP contribution is 2.31. The van der Waals surface area contributed by atoms with Crippen LogP contribution in [-0.2, 0) is 0 Å². The van der Waals surface area contributed by atoms with Crippen LogP contribution in [0.1, 0.15) is 25.7 Å². The van der Waals surface area contributed by atoms with Crippen molar-refractivity contribution >= 4 is 22.6 Å². The quantitative estimate of drug-likeness (QED) is 0.547. The Balaban J connectivity index is 1.69. The predicted molar refractivity (Wildman–Crippen MR) is 56.2 cm³/mol. The van der Waals surface area contributed by atoms with Crippen molar-refractivity contribution in [3.8, 4) is 0 Å². The molecule has 0 unspecified atom stereocenters. The highest BCUT2D eigenvalue weighted by atomic mass is 127. The van der Waals surface area contributed by atoms with E-state index < -0.39 is 0 Å². The number of rotatable bonds is 2. The van der Waals surface area contributed by atoms with E-state index in [0.29, 0.717) is 0 Å². The van der Waals surface area contributed by atoms with Crippen molar-refractivity contribution in [1.29, 1.82) is 0 Å². The number of alkyl halides is 1. The van der Waals surface area contributed by atoms with Gasteiger partial charge in [-0.2, -0.15) is 0 Å². The normalized spacial score (nSPS) is 29.2. The maximum absolute atomic E-state index is 2.66. The van der Waals surface area contributed by atoms with Crippen LogP contribution in [0.25, 0.3) is 0 Å². The van der Waals surface area contributed by atoms with Gasteiger partial charge in [-0.05, 0) is 44.7 Å². The predicted octanol–water partition coefficient (Wildman–Crippen LogP) is 2.30. The van der Waals surface area contributed by atoms with Crippen LogP contribution in [0, 0.1) is 5.92 Å². The number of hydrogen-bond acceptors (Lipinski definition) is 1. The minimum atomic E-state index is 0.961. The molecule has 0 spiro atoms. The van der Waals surface area contributed by atoms with Crippen LogP contribution in [0.4, 0.5) is 0 Å². The Morgan fingerprint density at radius 1 is 1.09 bits per heavy atom. The van der Waals surface area contributed by atoms with E-state index in [0.717, 1.165) is 9.84 Å². The Bertz CT molecular complexity index is 126. The van der Waals surface area contributed by atoms with Crippen LogP contribution in [-0.4, -0.2) is 28.5 Å². The summed E-state index contributed by atoms with van der Waals surface area (Å²) in [5.74, 6) is 1.08. The molecule has 64 valence electrons. The number of likely N-dealkylation sites (tertiary alicyclic amines) is 1. The van der Waals surface area contributed by atoms with Crippen molar-refractivity contribution < 1.29 is 0 Å². The molecule has 1 aliphatic carbocycles. The Kier molecular flexibility index (Phi) is 2.72. The summed E-state index contributed by atoms with van der Waals surface area (Å²) in [6, 6.07) is 0. The molecule has 1 heterocycles. The average molecular weight is 265 g/mol. The molecule has 2 heteroatoms. The Morgan fingerprint density at radius 3 is 2.27 bits per heavy atom. The number of hydrogen-bond donors (Lipinski definition) is 0. The van der Waals surface area contributed by atoms with Gasteiger partial charge in [-0.3, -0.25) is 0 Å². The monoisotopic (exact) mass is 265 g/mol. The summed E-state index contributed by atoms with van der Waals surface area (Å²) in [5, 5.41) is 0. The van der Waals surface area contributed by atoms with Crippen LogP contribution < -0.4 is 0 Å². The summed E-state index contributed by atoms with van der Waals surface area (Å²) < 4.78 is 0.961. The van der Waals surface area contributed by atoms with Gasteiger partial charge in [0.15, 0.2) is 0 Å². The zero-order chi connectivity index (χ0) is 7.68. The Labute approximate surface area is 82.7 Å². The number of piperidine rings is 1. The van der Waals surface area contributed by atoms with Crippen LogP contribution in [0.3, 0.4) is 0 Å². The lowest BCUT2D eigenvalue weighted by atomic mass is 10.1. The second-order valence-corrected chi connectivity index (χ2v) is 5.68. The summed E-state index contributed by atoms with van der Waals surface area (Å²) >= 11 is 2.59. The van der Waals surface area contributed by atoms with Gasteiger partial charge in [0.25, 0.3) is 0 Å². The molecule has 1 aliphatic heterocycles. The van der Waals surface area contributed by atoms with Gasteiger partial charge >= 0.3 is 0 Å². The molecule has 1 saturated heterocycles. The van der Waals surface area contributed by atoms with E-state index in [2.05, 4.69) is 27.5 Å². The van der Waals surface area contributed by atoms with E-state index in [1.54, 1.807) is 0 Å². The van der Waals surface area contributed by atoms with Gasteiger partial charge in [-0.25, -0.2) is 0 Å². The van der Waals surface area contributed by atoms with E-state index in [4.69, 9.17) is 0 Å². The highest BCUT2D eigenvalue weighted by molar-refractivity contribution is 14.1. The van der Waals surface area contributed by atoms with Gasteiger partial charge < -0.3 is 4.90 Å². The molecule has 0 bridgehead atoms. The first-order valence-corrected chi connectivity index (χ1v) is 5.95. The fraction of sp³-hybridized carbons (Fsp3) is 1.00. The standard InChI is InChI=1S/C9H16IN/c10-9-3-5-11(6-4-9)7-8-1-2-8/h8-9H,1-7H2. The molecule has 0 aromatic rings. The van der Waals surface area contributed by atoms with Crippen molar-refractivity contribution in [3.63, 3.8) is 0 Å². The highest BCUT2D eigenvalue weighted by Gasteiger charge is 2.26. The maximum Gasteiger partial charge on any atom is 0.0134 e. The smallest absolute Gasteiger partial charge is 0.0134 e. The lowest BCUT2D eigenvalue weighted by Gasteiger charge is -2.29. The summed E-state index contributed by atoms with van der Waals surface area (Å²) in [6.45, 7) is 4.14. The SMILES string of the molecule is IC1CCN(CC2CC2)CC1. The molecule has 1 nitrogen and oxygen atoms in total. The molecule has 2 aliphatic rings. The minimum Gasteiger partial charge on any atom is -0.303 e. The third-order valence-corrected chi connectivity index (χ3v) is 3.98. The molecule has 11 heavy (non-hydrogen) atoms. The van der Waals surface area contributed by atoms with Crippen molar-refractivity contribution in [1.82, 2.24) is 4.90 Å². The van der Waals surface area contributed by atoms with E-state index in [9.17, 15) is 0 Å². The van der Waals surface area contributed by atoms with Crippen molar-refractivity contribution in [2.24, 2.45) is 5.92 Å². The fourth-order valence-corrected chi connectivity index (χ4v) is 2.31. The van der Waals surface area contributed by atoms with Crippen LogP contribution >= 0.6 is 22.6 Å². The molecule has 0 atom stereocenters. The van der Waals surface area contributed by atoms with Gasteiger partial charge in [-0.15, -0.1) is 0 Å². The minimum absolute atomic E-state index is 0.961. The van der Waals surface area contributed by atoms with E-state index >= 15 is 0 Å². The molecule has 1 saturated carbocycles. The van der Waals surface area contributed by atoms with Crippen LogP contribution in [0.15, 0.2) is 0 Å². The van der Waals surface area contributed by atoms with Crippen molar-refractivity contribution in [3.05, 3.63) is 0 Å². The molecular weight excluding hydrogens is 249 g/mol. The molecule has 0 radical (unpaired) electrons. The lowest BCUT2D eigenvalue weighted by molar-refractivity contribution is 0.227. The first-order valence-electron chi connectivity index (χ1n) is 4.71. The number of halogens is 1.